The predicted octanol–water partition coefficient (Wildman–Crippen LogP) is 4.82. The van der Waals surface area contributed by atoms with Crippen LogP contribution in [0.1, 0.15) is 50.0 Å². The lowest BCUT2D eigenvalue weighted by molar-refractivity contribution is 0.0574. The molecule has 2 heteroatoms. The van der Waals surface area contributed by atoms with Crippen LogP contribution in [-0.2, 0) is 0 Å². The lowest BCUT2D eigenvalue weighted by atomic mass is 9.78. The minimum absolute atomic E-state index is 0.636. The first-order chi connectivity index (χ1) is 9.88. The lowest BCUT2D eigenvalue weighted by Gasteiger charge is -2.45. The van der Waals surface area contributed by atoms with Crippen LogP contribution in [0.3, 0.4) is 0 Å². The van der Waals surface area contributed by atoms with Gasteiger partial charge in [-0.05, 0) is 43.7 Å². The maximum Gasteiger partial charge on any atom is 0.0124 e. The summed E-state index contributed by atoms with van der Waals surface area (Å²) in [6, 6.07) is 11.9. The molecule has 1 saturated carbocycles. The van der Waals surface area contributed by atoms with Crippen molar-refractivity contribution in [1.29, 1.82) is 0 Å². The molecule has 1 aromatic rings. The molecule has 110 valence electrons. The second-order valence-corrected chi connectivity index (χ2v) is 7.16. The second kappa shape index (κ2) is 7.09. The average molecular weight is 336 g/mol. The van der Waals surface area contributed by atoms with Gasteiger partial charge in [-0.15, -0.1) is 0 Å². The molecule has 0 N–H and O–H groups in total. The Labute approximate surface area is 131 Å². The first-order valence-corrected chi connectivity index (χ1v) is 9.35. The molecule has 0 bridgehead atoms. The van der Waals surface area contributed by atoms with Crippen molar-refractivity contribution in [2.45, 2.75) is 50.5 Å². The first-order valence-electron chi connectivity index (χ1n) is 8.23. The number of benzene rings is 1. The van der Waals surface area contributed by atoms with Gasteiger partial charge in [-0.25, -0.2) is 0 Å². The van der Waals surface area contributed by atoms with Crippen LogP contribution in [0.4, 0.5) is 0 Å². The minimum atomic E-state index is 0.636. The van der Waals surface area contributed by atoms with Crippen molar-refractivity contribution in [3.8, 4) is 0 Å². The first kappa shape index (κ1) is 14.6. The fourth-order valence-corrected chi connectivity index (χ4v) is 4.78. The molecule has 1 aliphatic heterocycles. The number of likely N-dealkylation sites (tertiary alicyclic amines) is 1. The maximum atomic E-state index is 3.74. The fraction of sp³-hybridized carbons (Fsp3) is 0.667. The van der Waals surface area contributed by atoms with Gasteiger partial charge in [0, 0.05) is 23.8 Å². The summed E-state index contributed by atoms with van der Waals surface area (Å²) in [5, 5.41) is 1.07. The molecule has 2 fully saturated rings. The van der Waals surface area contributed by atoms with Gasteiger partial charge in [-0.2, -0.15) is 0 Å². The van der Waals surface area contributed by atoms with Gasteiger partial charge in [0.1, 0.15) is 0 Å². The molecule has 1 unspecified atom stereocenters. The van der Waals surface area contributed by atoms with Crippen molar-refractivity contribution in [2.75, 3.05) is 18.4 Å². The summed E-state index contributed by atoms with van der Waals surface area (Å²) in [6.45, 7) is 2.55. The third kappa shape index (κ3) is 3.28. The summed E-state index contributed by atoms with van der Waals surface area (Å²) < 4.78 is 0. The molecule has 2 aliphatic rings. The molecular formula is C18H26BrN. The number of nitrogens with zero attached hydrogens (tertiary/aromatic N) is 1. The highest BCUT2D eigenvalue weighted by molar-refractivity contribution is 9.09. The molecule has 1 heterocycles. The Balaban J connectivity index is 1.68. The Morgan fingerprint density at radius 3 is 2.60 bits per heavy atom. The molecule has 20 heavy (non-hydrogen) atoms. The van der Waals surface area contributed by atoms with E-state index >= 15 is 0 Å². The molecular weight excluding hydrogens is 310 g/mol. The van der Waals surface area contributed by atoms with E-state index in [4.69, 9.17) is 0 Å². The minimum Gasteiger partial charge on any atom is -0.299 e. The van der Waals surface area contributed by atoms with Crippen molar-refractivity contribution >= 4 is 15.9 Å². The Hall–Kier alpha value is -0.340. The van der Waals surface area contributed by atoms with E-state index in [1.807, 2.05) is 0 Å². The Morgan fingerprint density at radius 1 is 1.05 bits per heavy atom. The fourth-order valence-electron chi connectivity index (χ4n) is 4.21. The number of piperidine rings is 1. The summed E-state index contributed by atoms with van der Waals surface area (Å²) in [5.41, 5.74) is 1.49. The van der Waals surface area contributed by atoms with Gasteiger partial charge in [-0.1, -0.05) is 59.1 Å². The van der Waals surface area contributed by atoms with E-state index in [2.05, 4.69) is 51.2 Å². The molecule has 0 aromatic heterocycles. The van der Waals surface area contributed by atoms with Gasteiger partial charge in [0.05, 0.1) is 0 Å². The predicted molar refractivity (Wildman–Crippen MR) is 89.5 cm³/mol. The number of hydrogen-bond donors (Lipinski definition) is 0. The zero-order chi connectivity index (χ0) is 13.8. The number of rotatable bonds is 4. The highest BCUT2D eigenvalue weighted by Crippen LogP contribution is 2.36. The molecule has 0 spiro atoms. The zero-order valence-electron chi connectivity index (χ0n) is 12.3. The van der Waals surface area contributed by atoms with Crippen molar-refractivity contribution in [3.05, 3.63) is 35.9 Å². The van der Waals surface area contributed by atoms with Crippen molar-refractivity contribution in [1.82, 2.24) is 4.90 Å². The number of hydrogen-bond acceptors (Lipinski definition) is 1. The van der Waals surface area contributed by atoms with Crippen LogP contribution in [0.2, 0.25) is 0 Å². The van der Waals surface area contributed by atoms with Crippen molar-refractivity contribution < 1.29 is 0 Å². The van der Waals surface area contributed by atoms with E-state index in [-0.39, 0.29) is 0 Å². The van der Waals surface area contributed by atoms with E-state index in [0.717, 1.165) is 17.3 Å². The zero-order valence-corrected chi connectivity index (χ0v) is 13.9. The van der Waals surface area contributed by atoms with Gasteiger partial charge in [0.15, 0.2) is 0 Å². The summed E-state index contributed by atoms with van der Waals surface area (Å²) >= 11 is 3.74. The Bertz CT molecular complexity index is 403. The van der Waals surface area contributed by atoms with Crippen molar-refractivity contribution in [3.63, 3.8) is 0 Å². The highest BCUT2D eigenvalue weighted by Gasteiger charge is 2.33. The van der Waals surface area contributed by atoms with E-state index in [9.17, 15) is 0 Å². The SMILES string of the molecule is BrCC(CN1CCC[C@H]2CCCC[C@H]21)c1ccccc1. The van der Waals surface area contributed by atoms with E-state index < -0.39 is 0 Å². The summed E-state index contributed by atoms with van der Waals surface area (Å²) in [5.74, 6) is 1.63. The molecule has 1 aromatic carbocycles. The number of halogens is 1. The van der Waals surface area contributed by atoms with Crippen LogP contribution < -0.4 is 0 Å². The Kier molecular flexibility index (Phi) is 5.17. The average Bonchev–Trinajstić information content (AvgIpc) is 2.53. The molecule has 3 atom stereocenters. The van der Waals surface area contributed by atoms with E-state index in [1.165, 1.54) is 57.2 Å². The molecule has 0 amide bonds. The van der Waals surface area contributed by atoms with Crippen LogP contribution in [-0.4, -0.2) is 29.4 Å². The summed E-state index contributed by atoms with van der Waals surface area (Å²) in [6.07, 6.45) is 8.72. The van der Waals surface area contributed by atoms with Crippen LogP contribution in [0.5, 0.6) is 0 Å². The smallest absolute Gasteiger partial charge is 0.0124 e. The lowest BCUT2D eigenvalue weighted by Crippen LogP contribution is -2.48. The van der Waals surface area contributed by atoms with Gasteiger partial charge in [0.2, 0.25) is 0 Å². The monoisotopic (exact) mass is 335 g/mol. The highest BCUT2D eigenvalue weighted by atomic mass is 79.9. The van der Waals surface area contributed by atoms with Crippen LogP contribution in [0.15, 0.2) is 30.3 Å². The largest absolute Gasteiger partial charge is 0.299 e. The Morgan fingerprint density at radius 2 is 1.80 bits per heavy atom. The number of alkyl halides is 1. The topological polar surface area (TPSA) is 3.24 Å². The third-order valence-corrected chi connectivity index (χ3v) is 6.05. The molecule has 0 radical (unpaired) electrons. The van der Waals surface area contributed by atoms with Gasteiger partial charge in [-0.3, -0.25) is 4.90 Å². The van der Waals surface area contributed by atoms with E-state index in [0.29, 0.717) is 5.92 Å². The van der Waals surface area contributed by atoms with Crippen LogP contribution in [0.25, 0.3) is 0 Å². The second-order valence-electron chi connectivity index (χ2n) is 6.51. The number of fused-ring (bicyclic) bond motifs is 1. The molecule has 1 aliphatic carbocycles. The summed E-state index contributed by atoms with van der Waals surface area (Å²) in [7, 11) is 0. The van der Waals surface area contributed by atoms with Crippen LogP contribution in [0, 0.1) is 5.92 Å². The standard InChI is InChI=1S/C18H26BrN/c19-13-17(15-7-2-1-3-8-15)14-20-12-6-10-16-9-4-5-11-18(16)20/h1-3,7-8,16-18H,4-6,9-14H2/t16-,17?,18-/m1/s1. The molecule has 3 rings (SSSR count). The molecule has 1 nitrogen and oxygen atoms in total. The van der Waals surface area contributed by atoms with Crippen molar-refractivity contribution in [2.24, 2.45) is 5.92 Å². The summed E-state index contributed by atoms with van der Waals surface area (Å²) in [4.78, 5) is 2.81. The van der Waals surface area contributed by atoms with Gasteiger partial charge in [0.25, 0.3) is 0 Å². The third-order valence-electron chi connectivity index (χ3n) is 5.27. The normalized spacial score (nSPS) is 28.9. The maximum absolute atomic E-state index is 3.74. The quantitative estimate of drug-likeness (QED) is 0.713. The van der Waals surface area contributed by atoms with Crippen LogP contribution >= 0.6 is 15.9 Å². The molecule has 1 saturated heterocycles. The van der Waals surface area contributed by atoms with E-state index in [1.54, 1.807) is 0 Å². The van der Waals surface area contributed by atoms with Gasteiger partial charge < -0.3 is 0 Å². The van der Waals surface area contributed by atoms with Gasteiger partial charge >= 0.3 is 0 Å².